The first-order valence-electron chi connectivity index (χ1n) is 5.45. The summed E-state index contributed by atoms with van der Waals surface area (Å²) in [6.45, 7) is 5.95. The van der Waals surface area contributed by atoms with Crippen molar-refractivity contribution in [3.8, 4) is 0 Å². The van der Waals surface area contributed by atoms with Crippen LogP contribution in [0.5, 0.6) is 0 Å². The molecule has 2 rings (SSSR count). The molecule has 90 valence electrons. The molecule has 0 atom stereocenters. The van der Waals surface area contributed by atoms with Crippen LogP contribution in [0.1, 0.15) is 36.8 Å². The summed E-state index contributed by atoms with van der Waals surface area (Å²) in [6.07, 6.45) is 1.65. The summed E-state index contributed by atoms with van der Waals surface area (Å²) in [5.41, 5.74) is 1.21. The Morgan fingerprint density at radius 3 is 2.71 bits per heavy atom. The molecule has 0 radical (unpaired) electrons. The van der Waals surface area contributed by atoms with Crippen LogP contribution in [0.15, 0.2) is 12.3 Å². The van der Waals surface area contributed by atoms with Gasteiger partial charge >= 0.3 is 0 Å². The van der Waals surface area contributed by atoms with Gasteiger partial charge in [0, 0.05) is 6.20 Å². The molecule has 5 nitrogen and oxygen atoms in total. The number of aromatic nitrogens is 5. The number of hydrogen-bond acceptors (Lipinski definition) is 4. The quantitative estimate of drug-likeness (QED) is 0.812. The second kappa shape index (κ2) is 4.57. The van der Waals surface area contributed by atoms with Crippen LogP contribution in [0.3, 0.4) is 0 Å². The van der Waals surface area contributed by atoms with E-state index in [4.69, 9.17) is 0 Å². The molecule has 0 aliphatic heterocycles. The van der Waals surface area contributed by atoms with Crippen LogP contribution >= 0.6 is 0 Å². The standard InChI is InChI=1S/C11H14FN5/c1-7(2)11-10(12)4-9(5-13-11)6-17-15-8(3)14-16-17/h4-5,7H,6H2,1-3H3. The highest BCUT2D eigenvalue weighted by atomic mass is 19.1. The van der Waals surface area contributed by atoms with E-state index in [9.17, 15) is 4.39 Å². The Balaban J connectivity index is 2.20. The Morgan fingerprint density at radius 1 is 1.41 bits per heavy atom. The van der Waals surface area contributed by atoms with Crippen LogP contribution < -0.4 is 0 Å². The van der Waals surface area contributed by atoms with E-state index in [-0.39, 0.29) is 11.7 Å². The van der Waals surface area contributed by atoms with Gasteiger partial charge in [0.1, 0.15) is 5.82 Å². The van der Waals surface area contributed by atoms with Gasteiger partial charge in [0.25, 0.3) is 0 Å². The molecule has 2 aromatic heterocycles. The first kappa shape index (κ1) is 11.6. The fraction of sp³-hybridized carbons (Fsp3) is 0.455. The number of rotatable bonds is 3. The van der Waals surface area contributed by atoms with Crippen LogP contribution in [0, 0.1) is 12.7 Å². The van der Waals surface area contributed by atoms with Crippen LogP contribution in [0.4, 0.5) is 4.39 Å². The molecule has 0 saturated carbocycles. The lowest BCUT2D eigenvalue weighted by Gasteiger charge is -2.07. The highest BCUT2D eigenvalue weighted by Gasteiger charge is 2.09. The van der Waals surface area contributed by atoms with E-state index < -0.39 is 0 Å². The van der Waals surface area contributed by atoms with Gasteiger partial charge in [-0.3, -0.25) is 4.98 Å². The van der Waals surface area contributed by atoms with Crippen LogP contribution in [0.2, 0.25) is 0 Å². The van der Waals surface area contributed by atoms with Crippen molar-refractivity contribution >= 4 is 0 Å². The molecule has 0 fully saturated rings. The van der Waals surface area contributed by atoms with Crippen molar-refractivity contribution in [2.24, 2.45) is 0 Å². The van der Waals surface area contributed by atoms with Crippen LogP contribution in [-0.2, 0) is 6.54 Å². The molecule has 17 heavy (non-hydrogen) atoms. The fourth-order valence-corrected chi connectivity index (χ4v) is 1.55. The van der Waals surface area contributed by atoms with E-state index in [0.717, 1.165) is 5.56 Å². The highest BCUT2D eigenvalue weighted by molar-refractivity contribution is 5.18. The summed E-state index contributed by atoms with van der Waals surface area (Å²) >= 11 is 0. The second-order valence-electron chi connectivity index (χ2n) is 4.23. The smallest absolute Gasteiger partial charge is 0.171 e. The Kier molecular flexibility index (Phi) is 3.12. The van der Waals surface area contributed by atoms with E-state index in [1.165, 1.54) is 10.9 Å². The van der Waals surface area contributed by atoms with E-state index in [0.29, 0.717) is 18.1 Å². The molecule has 0 saturated heterocycles. The summed E-state index contributed by atoms with van der Waals surface area (Å²) in [5.74, 6) is 0.391. The summed E-state index contributed by atoms with van der Waals surface area (Å²) < 4.78 is 13.7. The lowest BCUT2D eigenvalue weighted by Crippen LogP contribution is -2.06. The van der Waals surface area contributed by atoms with Gasteiger partial charge in [-0.2, -0.15) is 4.80 Å². The molecule has 0 aromatic carbocycles. The van der Waals surface area contributed by atoms with Crippen molar-refractivity contribution in [2.45, 2.75) is 33.2 Å². The highest BCUT2D eigenvalue weighted by Crippen LogP contribution is 2.16. The van der Waals surface area contributed by atoms with Gasteiger partial charge in [0.2, 0.25) is 0 Å². The molecular weight excluding hydrogens is 221 g/mol. The van der Waals surface area contributed by atoms with Gasteiger partial charge in [-0.15, -0.1) is 10.2 Å². The van der Waals surface area contributed by atoms with Crippen molar-refractivity contribution < 1.29 is 4.39 Å². The largest absolute Gasteiger partial charge is 0.258 e. The number of pyridine rings is 1. The number of tetrazole rings is 1. The fourth-order valence-electron chi connectivity index (χ4n) is 1.55. The van der Waals surface area contributed by atoms with Crippen molar-refractivity contribution in [3.63, 3.8) is 0 Å². The molecule has 0 unspecified atom stereocenters. The van der Waals surface area contributed by atoms with Crippen molar-refractivity contribution in [1.29, 1.82) is 0 Å². The predicted octanol–water partition coefficient (Wildman–Crippen LogP) is 1.69. The van der Waals surface area contributed by atoms with Crippen LogP contribution in [0.25, 0.3) is 0 Å². The molecule has 6 heteroatoms. The maximum atomic E-state index is 13.7. The number of hydrogen-bond donors (Lipinski definition) is 0. The first-order chi connectivity index (χ1) is 8.06. The zero-order chi connectivity index (χ0) is 12.4. The Morgan fingerprint density at radius 2 is 2.18 bits per heavy atom. The zero-order valence-electron chi connectivity index (χ0n) is 10.1. The topological polar surface area (TPSA) is 56.5 Å². The third-order valence-electron chi connectivity index (χ3n) is 2.35. The molecule has 0 N–H and O–H groups in total. The van der Waals surface area contributed by atoms with Gasteiger partial charge in [-0.25, -0.2) is 4.39 Å². The van der Waals surface area contributed by atoms with E-state index in [2.05, 4.69) is 20.4 Å². The third kappa shape index (κ3) is 2.64. The first-order valence-corrected chi connectivity index (χ1v) is 5.45. The lowest BCUT2D eigenvalue weighted by atomic mass is 10.1. The second-order valence-corrected chi connectivity index (χ2v) is 4.23. The zero-order valence-corrected chi connectivity index (χ0v) is 10.1. The number of halogens is 1. The maximum Gasteiger partial charge on any atom is 0.171 e. The van der Waals surface area contributed by atoms with E-state index >= 15 is 0 Å². The lowest BCUT2D eigenvalue weighted by molar-refractivity contribution is 0.553. The molecule has 0 aliphatic carbocycles. The van der Waals surface area contributed by atoms with Crippen LogP contribution in [-0.4, -0.2) is 25.2 Å². The molecule has 0 aliphatic rings. The molecule has 0 bridgehead atoms. The average Bonchev–Trinajstić information content (AvgIpc) is 2.63. The monoisotopic (exact) mass is 235 g/mol. The number of aryl methyl sites for hydroxylation is 1. The number of nitrogens with zero attached hydrogens (tertiary/aromatic N) is 5. The Hall–Kier alpha value is -1.85. The molecule has 0 spiro atoms. The Labute approximate surface area is 98.7 Å². The summed E-state index contributed by atoms with van der Waals surface area (Å²) in [6, 6.07) is 1.47. The minimum absolute atomic E-state index is 0.0794. The molecule has 2 heterocycles. The minimum Gasteiger partial charge on any atom is -0.258 e. The summed E-state index contributed by atoms with van der Waals surface area (Å²) in [4.78, 5) is 5.53. The normalized spacial score (nSPS) is 11.1. The summed E-state index contributed by atoms with van der Waals surface area (Å²) in [5, 5.41) is 11.6. The van der Waals surface area contributed by atoms with Crippen molar-refractivity contribution in [2.75, 3.05) is 0 Å². The van der Waals surface area contributed by atoms with E-state index in [1.807, 2.05) is 13.8 Å². The van der Waals surface area contributed by atoms with Gasteiger partial charge in [-0.05, 0) is 29.7 Å². The predicted molar refractivity (Wildman–Crippen MR) is 59.9 cm³/mol. The summed E-state index contributed by atoms with van der Waals surface area (Å²) in [7, 11) is 0. The molecule has 0 amide bonds. The maximum absolute atomic E-state index is 13.7. The SMILES string of the molecule is Cc1nnn(Cc2cnc(C(C)C)c(F)c2)n1. The van der Waals surface area contributed by atoms with Gasteiger partial charge in [-0.1, -0.05) is 13.8 Å². The average molecular weight is 235 g/mol. The molecule has 2 aromatic rings. The van der Waals surface area contributed by atoms with Gasteiger partial charge in [0.15, 0.2) is 5.82 Å². The van der Waals surface area contributed by atoms with Crippen molar-refractivity contribution in [3.05, 3.63) is 35.2 Å². The van der Waals surface area contributed by atoms with Crippen molar-refractivity contribution in [1.82, 2.24) is 25.2 Å². The van der Waals surface area contributed by atoms with E-state index in [1.54, 1.807) is 13.1 Å². The van der Waals surface area contributed by atoms with Gasteiger partial charge in [0.05, 0.1) is 12.2 Å². The Bertz CT molecular complexity index is 520. The third-order valence-corrected chi connectivity index (χ3v) is 2.35. The minimum atomic E-state index is -0.283. The molecular formula is C11H14FN5. The van der Waals surface area contributed by atoms with Gasteiger partial charge < -0.3 is 0 Å².